The van der Waals surface area contributed by atoms with Crippen LogP contribution in [0.5, 0.6) is 11.5 Å². The molecule has 0 bridgehead atoms. The number of ether oxygens (including phenoxy) is 2. The molecule has 0 aliphatic carbocycles. The summed E-state index contributed by atoms with van der Waals surface area (Å²) >= 11 is 0. The van der Waals surface area contributed by atoms with Gasteiger partial charge in [-0.2, -0.15) is 0 Å². The average molecular weight is 341 g/mol. The van der Waals surface area contributed by atoms with Crippen molar-refractivity contribution in [2.24, 2.45) is 0 Å². The third-order valence-corrected chi connectivity index (χ3v) is 4.41. The molecule has 0 unspecified atom stereocenters. The van der Waals surface area contributed by atoms with Gasteiger partial charge in [0.2, 0.25) is 0 Å². The van der Waals surface area contributed by atoms with Crippen molar-refractivity contribution in [3.8, 4) is 11.5 Å². The van der Waals surface area contributed by atoms with Crippen LogP contribution in [0.3, 0.4) is 0 Å². The summed E-state index contributed by atoms with van der Waals surface area (Å²) in [5.41, 5.74) is 3.86. The zero-order valence-electron chi connectivity index (χ0n) is 15.8. The molecule has 1 N–H and O–H groups in total. The van der Waals surface area contributed by atoms with E-state index in [1.165, 1.54) is 0 Å². The van der Waals surface area contributed by atoms with Gasteiger partial charge in [-0.25, -0.2) is 0 Å². The number of hydrogen-bond donors (Lipinski definition) is 1. The highest BCUT2D eigenvalue weighted by molar-refractivity contribution is 5.97. The summed E-state index contributed by atoms with van der Waals surface area (Å²) in [5.74, 6) is 1.65. The lowest BCUT2D eigenvalue weighted by atomic mass is 9.93. The van der Waals surface area contributed by atoms with E-state index in [0.717, 1.165) is 22.4 Å². The lowest BCUT2D eigenvalue weighted by molar-refractivity contribution is 0.0937. The Balaban J connectivity index is 2.30. The fourth-order valence-corrected chi connectivity index (χ4v) is 2.99. The first-order chi connectivity index (χ1) is 11.9. The molecule has 4 nitrogen and oxygen atoms in total. The fraction of sp³-hybridized carbons (Fsp3) is 0.381. The molecule has 4 heteroatoms. The highest BCUT2D eigenvalue weighted by Crippen LogP contribution is 2.32. The average Bonchev–Trinajstić information content (AvgIpc) is 2.60. The monoisotopic (exact) mass is 341 g/mol. The van der Waals surface area contributed by atoms with Gasteiger partial charge in [-0.3, -0.25) is 4.79 Å². The van der Waals surface area contributed by atoms with E-state index in [4.69, 9.17) is 9.47 Å². The Morgan fingerprint density at radius 3 is 2.20 bits per heavy atom. The van der Waals surface area contributed by atoms with Gasteiger partial charge < -0.3 is 14.8 Å². The SMILES string of the molecule is COc1ccccc1C(=O)N[C@H](C)c1cc(C(C)C)c(OC)cc1C. The largest absolute Gasteiger partial charge is 0.496 e. The number of amides is 1. The van der Waals surface area contributed by atoms with E-state index in [9.17, 15) is 4.79 Å². The topological polar surface area (TPSA) is 47.6 Å². The summed E-state index contributed by atoms with van der Waals surface area (Å²) in [7, 11) is 3.26. The Hall–Kier alpha value is -2.49. The number of hydrogen-bond acceptors (Lipinski definition) is 3. The molecule has 1 atom stereocenters. The van der Waals surface area contributed by atoms with Gasteiger partial charge in [0.05, 0.1) is 25.8 Å². The number of carbonyl (C=O) groups is 1. The van der Waals surface area contributed by atoms with Crippen molar-refractivity contribution in [2.75, 3.05) is 14.2 Å². The molecule has 0 heterocycles. The van der Waals surface area contributed by atoms with Crippen LogP contribution < -0.4 is 14.8 Å². The first-order valence-electron chi connectivity index (χ1n) is 8.51. The summed E-state index contributed by atoms with van der Waals surface area (Å²) in [6, 6.07) is 11.3. The van der Waals surface area contributed by atoms with Crippen molar-refractivity contribution in [3.63, 3.8) is 0 Å². The molecule has 1 amide bonds. The van der Waals surface area contributed by atoms with Crippen molar-refractivity contribution < 1.29 is 14.3 Å². The van der Waals surface area contributed by atoms with Crippen LogP contribution in [0.2, 0.25) is 0 Å². The zero-order valence-corrected chi connectivity index (χ0v) is 15.8. The van der Waals surface area contributed by atoms with Gasteiger partial charge in [0.15, 0.2) is 0 Å². The molecule has 2 aromatic rings. The fourth-order valence-electron chi connectivity index (χ4n) is 2.99. The zero-order chi connectivity index (χ0) is 18.6. The van der Waals surface area contributed by atoms with Crippen molar-refractivity contribution in [2.45, 2.75) is 39.7 Å². The number of rotatable bonds is 6. The van der Waals surface area contributed by atoms with E-state index in [-0.39, 0.29) is 11.9 Å². The second-order valence-electron chi connectivity index (χ2n) is 6.50. The van der Waals surface area contributed by atoms with E-state index in [1.807, 2.05) is 32.0 Å². The molecule has 134 valence electrons. The quantitative estimate of drug-likeness (QED) is 0.833. The smallest absolute Gasteiger partial charge is 0.255 e. The van der Waals surface area contributed by atoms with Crippen LogP contribution in [-0.4, -0.2) is 20.1 Å². The number of carbonyl (C=O) groups excluding carboxylic acids is 1. The van der Waals surface area contributed by atoms with Crippen LogP contribution >= 0.6 is 0 Å². The highest BCUT2D eigenvalue weighted by Gasteiger charge is 2.19. The predicted molar refractivity (Wildman–Crippen MR) is 101 cm³/mol. The van der Waals surface area contributed by atoms with E-state index in [0.29, 0.717) is 17.2 Å². The van der Waals surface area contributed by atoms with Gasteiger partial charge in [-0.1, -0.05) is 26.0 Å². The van der Waals surface area contributed by atoms with Gasteiger partial charge in [-0.05, 0) is 60.7 Å². The van der Waals surface area contributed by atoms with Crippen LogP contribution in [-0.2, 0) is 0 Å². The summed E-state index contributed by atoms with van der Waals surface area (Å²) in [5, 5.41) is 3.07. The molecule has 0 aliphatic rings. The summed E-state index contributed by atoms with van der Waals surface area (Å²) in [4.78, 5) is 12.6. The second-order valence-corrected chi connectivity index (χ2v) is 6.50. The van der Waals surface area contributed by atoms with Crippen LogP contribution in [0.4, 0.5) is 0 Å². The minimum Gasteiger partial charge on any atom is -0.496 e. The van der Waals surface area contributed by atoms with Crippen molar-refractivity contribution >= 4 is 5.91 Å². The van der Waals surface area contributed by atoms with Crippen LogP contribution in [0.15, 0.2) is 36.4 Å². The third kappa shape index (κ3) is 4.13. The van der Waals surface area contributed by atoms with Crippen molar-refractivity contribution in [1.29, 1.82) is 0 Å². The maximum atomic E-state index is 12.6. The number of para-hydroxylation sites is 1. The predicted octanol–water partition coefficient (Wildman–Crippen LogP) is 4.63. The molecule has 0 saturated carbocycles. The molecular formula is C21H27NO3. The van der Waals surface area contributed by atoms with E-state index in [1.54, 1.807) is 26.4 Å². The Bertz CT molecular complexity index is 753. The Kier molecular flexibility index (Phi) is 6.07. The lowest BCUT2D eigenvalue weighted by Crippen LogP contribution is -2.27. The minimum absolute atomic E-state index is 0.124. The number of aryl methyl sites for hydroxylation is 1. The molecule has 0 radical (unpaired) electrons. The first kappa shape index (κ1) is 18.8. The molecule has 25 heavy (non-hydrogen) atoms. The maximum Gasteiger partial charge on any atom is 0.255 e. The van der Waals surface area contributed by atoms with E-state index >= 15 is 0 Å². The van der Waals surface area contributed by atoms with Crippen molar-refractivity contribution in [3.05, 3.63) is 58.7 Å². The van der Waals surface area contributed by atoms with E-state index < -0.39 is 0 Å². The molecule has 2 rings (SSSR count). The molecular weight excluding hydrogens is 314 g/mol. The number of nitrogens with one attached hydrogen (secondary N) is 1. The van der Waals surface area contributed by atoms with Crippen molar-refractivity contribution in [1.82, 2.24) is 5.32 Å². The number of benzene rings is 2. The summed E-state index contributed by atoms with van der Waals surface area (Å²) < 4.78 is 10.8. The highest BCUT2D eigenvalue weighted by atomic mass is 16.5. The van der Waals surface area contributed by atoms with Crippen LogP contribution in [0.25, 0.3) is 0 Å². The first-order valence-corrected chi connectivity index (χ1v) is 8.51. The molecule has 0 aromatic heterocycles. The Morgan fingerprint density at radius 2 is 1.60 bits per heavy atom. The van der Waals surface area contributed by atoms with Crippen LogP contribution in [0, 0.1) is 6.92 Å². The van der Waals surface area contributed by atoms with Gasteiger partial charge in [0.1, 0.15) is 11.5 Å². The molecule has 0 aliphatic heterocycles. The minimum atomic E-state index is -0.147. The number of methoxy groups -OCH3 is 2. The Morgan fingerprint density at radius 1 is 0.960 bits per heavy atom. The van der Waals surface area contributed by atoms with Gasteiger partial charge in [0.25, 0.3) is 5.91 Å². The van der Waals surface area contributed by atoms with E-state index in [2.05, 4.69) is 25.2 Å². The molecule has 2 aromatic carbocycles. The normalized spacial score (nSPS) is 12.0. The Labute approximate surface area is 150 Å². The van der Waals surface area contributed by atoms with Gasteiger partial charge in [-0.15, -0.1) is 0 Å². The second kappa shape index (κ2) is 8.06. The summed E-state index contributed by atoms with van der Waals surface area (Å²) in [6.45, 7) is 8.30. The lowest BCUT2D eigenvalue weighted by Gasteiger charge is -2.21. The standard InChI is InChI=1S/C21H27NO3/c1-13(2)17-12-18(14(3)11-20(17)25-6)15(4)22-21(23)16-9-7-8-10-19(16)24-5/h7-13,15H,1-6H3,(H,22,23)/t15-/m1/s1. The summed E-state index contributed by atoms with van der Waals surface area (Å²) in [6.07, 6.45) is 0. The van der Waals surface area contributed by atoms with Gasteiger partial charge >= 0.3 is 0 Å². The molecule has 0 fully saturated rings. The van der Waals surface area contributed by atoms with Crippen LogP contribution in [0.1, 0.15) is 59.8 Å². The third-order valence-electron chi connectivity index (χ3n) is 4.41. The molecule has 0 spiro atoms. The molecule has 0 saturated heterocycles. The maximum absolute atomic E-state index is 12.6. The van der Waals surface area contributed by atoms with Gasteiger partial charge in [0, 0.05) is 0 Å².